The minimum absolute atomic E-state index is 0.129. The number of nitrogens with zero attached hydrogens (tertiary/aromatic N) is 3. The summed E-state index contributed by atoms with van der Waals surface area (Å²) in [6, 6.07) is 1.97. The first-order valence-electron chi connectivity index (χ1n) is 6.86. The van der Waals surface area contributed by atoms with Gasteiger partial charge in [0.05, 0.1) is 12.6 Å². The third-order valence-electron chi connectivity index (χ3n) is 3.41. The number of hydrogen-bond donors (Lipinski definition) is 3. The van der Waals surface area contributed by atoms with Crippen molar-refractivity contribution >= 4 is 17.6 Å². The lowest BCUT2D eigenvalue weighted by atomic mass is 10.2. The van der Waals surface area contributed by atoms with Gasteiger partial charge in [-0.05, 0) is 19.3 Å². The number of anilines is 2. The van der Waals surface area contributed by atoms with E-state index in [-0.39, 0.29) is 19.1 Å². The van der Waals surface area contributed by atoms with Gasteiger partial charge in [-0.25, -0.2) is 9.97 Å². The van der Waals surface area contributed by atoms with E-state index in [0.717, 1.165) is 25.2 Å². The molecule has 1 aromatic heterocycles. The van der Waals surface area contributed by atoms with E-state index in [1.54, 1.807) is 0 Å². The molecule has 1 fully saturated rings. The van der Waals surface area contributed by atoms with Crippen LogP contribution in [0.5, 0.6) is 0 Å². The molecule has 1 unspecified atom stereocenters. The van der Waals surface area contributed by atoms with Gasteiger partial charge >= 0.3 is 5.97 Å². The Labute approximate surface area is 117 Å². The minimum Gasteiger partial charge on any atom is -0.481 e. The van der Waals surface area contributed by atoms with Gasteiger partial charge < -0.3 is 20.4 Å². The first kappa shape index (κ1) is 14.5. The second kappa shape index (κ2) is 7.04. The Balaban J connectivity index is 1.92. The Hall–Kier alpha value is -1.89. The lowest BCUT2D eigenvalue weighted by Gasteiger charge is -2.24. The van der Waals surface area contributed by atoms with Gasteiger partial charge in [-0.1, -0.05) is 0 Å². The third-order valence-corrected chi connectivity index (χ3v) is 3.41. The molecule has 20 heavy (non-hydrogen) atoms. The van der Waals surface area contributed by atoms with Crippen LogP contribution in [0.3, 0.4) is 0 Å². The fraction of sp³-hybridized carbons (Fsp3) is 0.615. The fourth-order valence-electron chi connectivity index (χ4n) is 2.38. The van der Waals surface area contributed by atoms with E-state index in [4.69, 9.17) is 5.11 Å². The molecule has 1 aromatic rings. The number of carboxylic acids is 1. The number of aliphatic hydroxyl groups excluding tert-OH is 1. The van der Waals surface area contributed by atoms with Gasteiger partial charge in [-0.3, -0.25) is 4.79 Å². The highest BCUT2D eigenvalue weighted by molar-refractivity contribution is 5.66. The van der Waals surface area contributed by atoms with Gasteiger partial charge in [0.1, 0.15) is 18.0 Å². The quantitative estimate of drug-likeness (QED) is 0.633. The summed E-state index contributed by atoms with van der Waals surface area (Å²) in [4.78, 5) is 20.9. The summed E-state index contributed by atoms with van der Waals surface area (Å²) in [5.41, 5.74) is 0. The van der Waals surface area contributed by atoms with Gasteiger partial charge in [0.25, 0.3) is 0 Å². The highest BCUT2D eigenvalue weighted by Gasteiger charge is 2.24. The highest BCUT2D eigenvalue weighted by Crippen LogP contribution is 2.24. The monoisotopic (exact) mass is 280 g/mol. The Morgan fingerprint density at radius 2 is 2.35 bits per heavy atom. The maximum atomic E-state index is 10.4. The van der Waals surface area contributed by atoms with E-state index >= 15 is 0 Å². The van der Waals surface area contributed by atoms with Crippen molar-refractivity contribution in [3.8, 4) is 0 Å². The molecule has 1 saturated heterocycles. The number of carbonyl (C=O) groups is 1. The topological polar surface area (TPSA) is 98.6 Å². The molecule has 1 atom stereocenters. The Morgan fingerprint density at radius 1 is 1.50 bits per heavy atom. The predicted molar refractivity (Wildman–Crippen MR) is 74.8 cm³/mol. The molecule has 1 aliphatic rings. The number of nitrogens with one attached hydrogen (secondary N) is 1. The van der Waals surface area contributed by atoms with Crippen LogP contribution in [-0.4, -0.2) is 51.9 Å². The molecule has 0 amide bonds. The van der Waals surface area contributed by atoms with Crippen LogP contribution in [0.1, 0.15) is 25.7 Å². The summed E-state index contributed by atoms with van der Waals surface area (Å²) in [7, 11) is 0. The Kier molecular flexibility index (Phi) is 5.11. The molecule has 7 heteroatoms. The fourth-order valence-corrected chi connectivity index (χ4v) is 2.38. The second-order valence-electron chi connectivity index (χ2n) is 4.86. The smallest absolute Gasteiger partial charge is 0.303 e. The standard InChI is InChI=1S/C13H20N4O3/c18-8-10-3-2-6-17(10)12-7-11(15-9-16-12)14-5-1-4-13(19)20/h7,9-10,18H,1-6,8H2,(H,19,20)(H,14,15,16). The normalized spacial score (nSPS) is 18.2. The van der Waals surface area contributed by atoms with Gasteiger partial charge in [0.2, 0.25) is 0 Å². The van der Waals surface area contributed by atoms with Crippen molar-refractivity contribution in [2.75, 3.05) is 29.9 Å². The van der Waals surface area contributed by atoms with E-state index in [0.29, 0.717) is 18.8 Å². The lowest BCUT2D eigenvalue weighted by molar-refractivity contribution is -0.137. The molecule has 3 N–H and O–H groups in total. The number of aliphatic carboxylic acids is 1. The number of hydrogen-bond acceptors (Lipinski definition) is 6. The zero-order valence-electron chi connectivity index (χ0n) is 11.3. The molecular weight excluding hydrogens is 260 g/mol. The largest absolute Gasteiger partial charge is 0.481 e. The van der Waals surface area contributed by atoms with Crippen molar-refractivity contribution in [2.24, 2.45) is 0 Å². The maximum Gasteiger partial charge on any atom is 0.303 e. The maximum absolute atomic E-state index is 10.4. The van der Waals surface area contributed by atoms with Crippen LogP contribution in [0, 0.1) is 0 Å². The van der Waals surface area contributed by atoms with Gasteiger partial charge in [0, 0.05) is 25.6 Å². The van der Waals surface area contributed by atoms with Crippen molar-refractivity contribution in [3.05, 3.63) is 12.4 Å². The lowest BCUT2D eigenvalue weighted by Crippen LogP contribution is -2.32. The van der Waals surface area contributed by atoms with Crippen LogP contribution in [-0.2, 0) is 4.79 Å². The van der Waals surface area contributed by atoms with Crippen LogP contribution in [0.2, 0.25) is 0 Å². The molecule has 1 aliphatic heterocycles. The summed E-state index contributed by atoms with van der Waals surface area (Å²) in [5.74, 6) is 0.694. The van der Waals surface area contributed by atoms with Crippen LogP contribution >= 0.6 is 0 Å². The number of aliphatic hydroxyl groups is 1. The Bertz CT molecular complexity index is 455. The molecule has 7 nitrogen and oxygen atoms in total. The number of rotatable bonds is 7. The molecule has 0 bridgehead atoms. The summed E-state index contributed by atoms with van der Waals surface area (Å²) >= 11 is 0. The molecule has 110 valence electrons. The average molecular weight is 280 g/mol. The van der Waals surface area contributed by atoms with Crippen LogP contribution in [0.15, 0.2) is 12.4 Å². The van der Waals surface area contributed by atoms with Crippen molar-refractivity contribution in [1.29, 1.82) is 0 Å². The molecule has 0 aromatic carbocycles. The summed E-state index contributed by atoms with van der Waals surface area (Å²) in [6.07, 6.45) is 4.21. The molecule has 0 spiro atoms. The zero-order chi connectivity index (χ0) is 14.4. The number of carboxylic acid groups (broad SMARTS) is 1. The molecule has 2 heterocycles. The molecule has 0 radical (unpaired) electrons. The SMILES string of the molecule is O=C(O)CCCNc1cc(N2CCCC2CO)ncn1. The van der Waals surface area contributed by atoms with Crippen molar-refractivity contribution < 1.29 is 15.0 Å². The van der Waals surface area contributed by atoms with Gasteiger partial charge in [0.15, 0.2) is 0 Å². The molecule has 0 saturated carbocycles. The van der Waals surface area contributed by atoms with Crippen molar-refractivity contribution in [2.45, 2.75) is 31.7 Å². The summed E-state index contributed by atoms with van der Waals surface area (Å²) < 4.78 is 0. The van der Waals surface area contributed by atoms with Gasteiger partial charge in [-0.2, -0.15) is 0 Å². The van der Waals surface area contributed by atoms with E-state index in [9.17, 15) is 9.90 Å². The van der Waals surface area contributed by atoms with Crippen molar-refractivity contribution in [3.63, 3.8) is 0 Å². The zero-order valence-corrected chi connectivity index (χ0v) is 11.3. The summed E-state index contributed by atoms with van der Waals surface area (Å²) in [5, 5.41) is 21.0. The third kappa shape index (κ3) is 3.80. The predicted octanol–water partition coefficient (Wildman–Crippen LogP) is 0.714. The van der Waals surface area contributed by atoms with Crippen LogP contribution in [0.25, 0.3) is 0 Å². The van der Waals surface area contributed by atoms with Crippen molar-refractivity contribution in [1.82, 2.24) is 9.97 Å². The highest BCUT2D eigenvalue weighted by atomic mass is 16.4. The Morgan fingerprint density at radius 3 is 3.10 bits per heavy atom. The van der Waals surface area contributed by atoms with E-state index < -0.39 is 5.97 Å². The molecular formula is C13H20N4O3. The first-order chi connectivity index (χ1) is 9.70. The molecule has 2 rings (SSSR count). The number of aromatic nitrogens is 2. The van der Waals surface area contributed by atoms with Crippen LogP contribution < -0.4 is 10.2 Å². The van der Waals surface area contributed by atoms with Gasteiger partial charge in [-0.15, -0.1) is 0 Å². The first-order valence-corrected chi connectivity index (χ1v) is 6.86. The molecule has 0 aliphatic carbocycles. The van der Waals surface area contributed by atoms with E-state index in [2.05, 4.69) is 20.2 Å². The average Bonchev–Trinajstić information content (AvgIpc) is 2.92. The van der Waals surface area contributed by atoms with E-state index in [1.807, 2.05) is 6.07 Å². The second-order valence-corrected chi connectivity index (χ2v) is 4.86. The van der Waals surface area contributed by atoms with Crippen LogP contribution in [0.4, 0.5) is 11.6 Å². The van der Waals surface area contributed by atoms with E-state index in [1.165, 1.54) is 6.33 Å². The minimum atomic E-state index is -0.793. The summed E-state index contributed by atoms with van der Waals surface area (Å²) in [6.45, 7) is 1.58.